The molecule has 0 aliphatic heterocycles. The molecule has 0 spiro atoms. The van der Waals surface area contributed by atoms with Crippen LogP contribution in [0.5, 0.6) is 0 Å². The lowest BCUT2D eigenvalue weighted by atomic mass is 9.80. The lowest BCUT2D eigenvalue weighted by molar-refractivity contribution is 0.278. The molecule has 0 heterocycles. The standard InChI is InChI=1S/C22H24FN/c1-16-2-4-17(5-3-16)6-7-18-8-11-20(12-9-18)21-13-10-19(15-24)14-22(21)23/h8-14,16-17H,2-7H2,1H3/t16-,17-. The molecule has 2 aromatic rings. The Kier molecular flexibility index (Phi) is 5.30. The summed E-state index contributed by atoms with van der Waals surface area (Å²) in [4.78, 5) is 0. The average Bonchev–Trinajstić information content (AvgIpc) is 2.62. The largest absolute Gasteiger partial charge is 0.206 e. The number of nitrogens with zero attached hydrogens (tertiary/aromatic N) is 1. The summed E-state index contributed by atoms with van der Waals surface area (Å²) in [5, 5.41) is 8.82. The summed E-state index contributed by atoms with van der Waals surface area (Å²) in [5.74, 6) is 1.44. The molecule has 1 fully saturated rings. The molecular weight excluding hydrogens is 297 g/mol. The molecule has 124 valence electrons. The lowest BCUT2D eigenvalue weighted by Crippen LogP contribution is -2.12. The van der Waals surface area contributed by atoms with Crippen molar-refractivity contribution in [1.29, 1.82) is 5.26 Å². The molecule has 2 aromatic carbocycles. The quantitative estimate of drug-likeness (QED) is 0.665. The predicted molar refractivity (Wildman–Crippen MR) is 96.0 cm³/mol. The summed E-state index contributed by atoms with van der Waals surface area (Å²) in [6.07, 6.45) is 7.86. The van der Waals surface area contributed by atoms with Crippen molar-refractivity contribution in [3.8, 4) is 17.2 Å². The molecule has 0 unspecified atom stereocenters. The molecule has 3 rings (SSSR count). The van der Waals surface area contributed by atoms with E-state index in [2.05, 4.69) is 19.1 Å². The van der Waals surface area contributed by atoms with Gasteiger partial charge in [-0.1, -0.05) is 62.9 Å². The van der Waals surface area contributed by atoms with E-state index in [1.807, 2.05) is 18.2 Å². The van der Waals surface area contributed by atoms with Gasteiger partial charge in [0.15, 0.2) is 0 Å². The minimum atomic E-state index is -0.335. The van der Waals surface area contributed by atoms with E-state index in [9.17, 15) is 4.39 Å². The molecule has 0 bridgehead atoms. The topological polar surface area (TPSA) is 23.8 Å². The highest BCUT2D eigenvalue weighted by molar-refractivity contribution is 5.65. The maximum Gasteiger partial charge on any atom is 0.132 e. The smallest absolute Gasteiger partial charge is 0.132 e. The summed E-state index contributed by atoms with van der Waals surface area (Å²) in [6.45, 7) is 2.36. The van der Waals surface area contributed by atoms with Crippen molar-refractivity contribution in [3.63, 3.8) is 0 Å². The highest BCUT2D eigenvalue weighted by Crippen LogP contribution is 2.31. The molecule has 0 atom stereocenters. The third-order valence-corrected chi connectivity index (χ3v) is 5.34. The first kappa shape index (κ1) is 16.7. The second kappa shape index (κ2) is 7.62. The number of aryl methyl sites for hydroxylation is 1. The molecule has 2 heteroatoms. The van der Waals surface area contributed by atoms with Gasteiger partial charge in [0.25, 0.3) is 0 Å². The Balaban J connectivity index is 1.62. The van der Waals surface area contributed by atoms with Crippen LogP contribution in [0.1, 0.15) is 50.2 Å². The van der Waals surface area contributed by atoms with Gasteiger partial charge in [-0.2, -0.15) is 5.26 Å². The Hall–Kier alpha value is -2.14. The minimum absolute atomic E-state index is 0.335. The molecule has 1 saturated carbocycles. The average molecular weight is 321 g/mol. The first-order chi connectivity index (χ1) is 11.7. The van der Waals surface area contributed by atoms with Gasteiger partial charge in [-0.15, -0.1) is 0 Å². The van der Waals surface area contributed by atoms with Gasteiger partial charge in [0.05, 0.1) is 11.6 Å². The molecule has 0 amide bonds. The molecule has 24 heavy (non-hydrogen) atoms. The maximum atomic E-state index is 14.1. The number of rotatable bonds is 4. The molecule has 0 N–H and O–H groups in total. The van der Waals surface area contributed by atoms with Crippen molar-refractivity contribution in [3.05, 3.63) is 59.4 Å². The predicted octanol–water partition coefficient (Wildman–Crippen LogP) is 6.12. The first-order valence-corrected chi connectivity index (χ1v) is 8.94. The number of halogens is 1. The molecular formula is C22H24FN. The Labute approximate surface area is 144 Å². The maximum absolute atomic E-state index is 14.1. The number of nitriles is 1. The number of benzene rings is 2. The second-order valence-corrected chi connectivity index (χ2v) is 7.17. The van der Waals surface area contributed by atoms with Gasteiger partial charge < -0.3 is 0 Å². The Bertz CT molecular complexity index is 719. The first-order valence-electron chi connectivity index (χ1n) is 8.94. The van der Waals surface area contributed by atoms with Crippen LogP contribution in [0.3, 0.4) is 0 Å². The fourth-order valence-electron chi connectivity index (χ4n) is 3.66. The summed E-state index contributed by atoms with van der Waals surface area (Å²) in [5.41, 5.74) is 3.11. The zero-order valence-corrected chi connectivity index (χ0v) is 14.3. The van der Waals surface area contributed by atoms with Crippen molar-refractivity contribution in [2.24, 2.45) is 11.8 Å². The third kappa shape index (κ3) is 4.03. The van der Waals surface area contributed by atoms with Crippen LogP contribution in [0.25, 0.3) is 11.1 Å². The fraction of sp³-hybridized carbons (Fsp3) is 0.409. The van der Waals surface area contributed by atoms with Crippen LogP contribution in [0.4, 0.5) is 4.39 Å². The van der Waals surface area contributed by atoms with Crippen LogP contribution in [0.2, 0.25) is 0 Å². The van der Waals surface area contributed by atoms with E-state index < -0.39 is 0 Å². The molecule has 0 saturated heterocycles. The van der Waals surface area contributed by atoms with E-state index in [1.54, 1.807) is 12.1 Å². The Morgan fingerprint density at radius 2 is 1.75 bits per heavy atom. The Morgan fingerprint density at radius 3 is 2.38 bits per heavy atom. The highest BCUT2D eigenvalue weighted by atomic mass is 19.1. The van der Waals surface area contributed by atoms with Gasteiger partial charge in [-0.3, -0.25) is 0 Å². The molecule has 1 aliphatic rings. The number of hydrogen-bond acceptors (Lipinski definition) is 1. The third-order valence-electron chi connectivity index (χ3n) is 5.34. The Morgan fingerprint density at radius 1 is 1.04 bits per heavy atom. The summed E-state index contributed by atoms with van der Waals surface area (Å²) >= 11 is 0. The summed E-state index contributed by atoms with van der Waals surface area (Å²) in [6, 6.07) is 14.8. The number of hydrogen-bond donors (Lipinski definition) is 0. The van der Waals surface area contributed by atoms with E-state index >= 15 is 0 Å². The van der Waals surface area contributed by atoms with E-state index in [-0.39, 0.29) is 5.82 Å². The van der Waals surface area contributed by atoms with Gasteiger partial charge in [0, 0.05) is 5.56 Å². The molecule has 0 aromatic heterocycles. The van der Waals surface area contributed by atoms with Gasteiger partial charge in [-0.05, 0) is 47.9 Å². The molecule has 0 radical (unpaired) electrons. The normalized spacial score (nSPS) is 20.5. The van der Waals surface area contributed by atoms with Crippen LogP contribution in [0.15, 0.2) is 42.5 Å². The monoisotopic (exact) mass is 321 g/mol. The van der Waals surface area contributed by atoms with Gasteiger partial charge in [0.2, 0.25) is 0 Å². The summed E-state index contributed by atoms with van der Waals surface area (Å²) in [7, 11) is 0. The second-order valence-electron chi connectivity index (χ2n) is 7.17. The van der Waals surface area contributed by atoms with Gasteiger partial charge >= 0.3 is 0 Å². The zero-order chi connectivity index (χ0) is 16.9. The molecule has 1 nitrogen and oxygen atoms in total. The van der Waals surface area contributed by atoms with Crippen molar-refractivity contribution in [2.45, 2.75) is 45.4 Å². The molecule has 1 aliphatic carbocycles. The van der Waals surface area contributed by atoms with Crippen LogP contribution in [-0.4, -0.2) is 0 Å². The van der Waals surface area contributed by atoms with Crippen LogP contribution in [-0.2, 0) is 6.42 Å². The highest BCUT2D eigenvalue weighted by Gasteiger charge is 2.17. The van der Waals surface area contributed by atoms with Crippen molar-refractivity contribution in [1.82, 2.24) is 0 Å². The minimum Gasteiger partial charge on any atom is -0.206 e. The van der Waals surface area contributed by atoms with Crippen LogP contribution >= 0.6 is 0 Å². The zero-order valence-electron chi connectivity index (χ0n) is 14.3. The van der Waals surface area contributed by atoms with E-state index in [0.29, 0.717) is 11.1 Å². The van der Waals surface area contributed by atoms with E-state index in [4.69, 9.17) is 5.26 Å². The fourth-order valence-corrected chi connectivity index (χ4v) is 3.66. The van der Waals surface area contributed by atoms with E-state index in [1.165, 1.54) is 43.7 Å². The van der Waals surface area contributed by atoms with Gasteiger partial charge in [0.1, 0.15) is 5.82 Å². The SMILES string of the molecule is C[C@H]1CC[C@H](CCc2ccc(-c3ccc(C#N)cc3F)cc2)CC1. The van der Waals surface area contributed by atoms with E-state index in [0.717, 1.165) is 23.8 Å². The van der Waals surface area contributed by atoms with Crippen molar-refractivity contribution in [2.75, 3.05) is 0 Å². The summed E-state index contributed by atoms with van der Waals surface area (Å²) < 4.78 is 14.1. The lowest BCUT2D eigenvalue weighted by Gasteiger charge is -2.26. The van der Waals surface area contributed by atoms with Crippen LogP contribution < -0.4 is 0 Å². The van der Waals surface area contributed by atoms with Gasteiger partial charge in [-0.25, -0.2) is 4.39 Å². The van der Waals surface area contributed by atoms with Crippen molar-refractivity contribution >= 4 is 0 Å². The van der Waals surface area contributed by atoms with Crippen LogP contribution in [0, 0.1) is 29.0 Å². The van der Waals surface area contributed by atoms with Crippen molar-refractivity contribution < 1.29 is 4.39 Å².